The van der Waals surface area contributed by atoms with E-state index >= 15 is 0 Å². The third kappa shape index (κ3) is 4.94. The second-order valence-corrected chi connectivity index (χ2v) is 6.00. The molecule has 0 aliphatic heterocycles. The number of guanidine groups is 1. The van der Waals surface area contributed by atoms with Gasteiger partial charge in [0.15, 0.2) is 5.96 Å². The van der Waals surface area contributed by atoms with Gasteiger partial charge < -0.3 is 14.6 Å². The summed E-state index contributed by atoms with van der Waals surface area (Å²) in [6, 6.07) is 16.4. The second-order valence-electron chi connectivity index (χ2n) is 6.00. The molecular formula is C19H24IN5. The number of aryl methyl sites for hydroxylation is 1. The minimum absolute atomic E-state index is 0. The van der Waals surface area contributed by atoms with E-state index in [4.69, 9.17) is 0 Å². The van der Waals surface area contributed by atoms with Crippen molar-refractivity contribution in [1.82, 2.24) is 19.6 Å². The zero-order valence-corrected chi connectivity index (χ0v) is 17.1. The van der Waals surface area contributed by atoms with Gasteiger partial charge >= 0.3 is 0 Å². The van der Waals surface area contributed by atoms with E-state index < -0.39 is 0 Å². The first kappa shape index (κ1) is 19.2. The number of aromatic nitrogens is 2. The molecule has 0 amide bonds. The van der Waals surface area contributed by atoms with Gasteiger partial charge in [-0.2, -0.15) is 0 Å². The van der Waals surface area contributed by atoms with Crippen molar-refractivity contribution in [2.45, 2.75) is 20.0 Å². The third-order valence-corrected chi connectivity index (χ3v) is 3.85. The van der Waals surface area contributed by atoms with Crippen LogP contribution < -0.4 is 5.32 Å². The molecule has 5 nitrogen and oxygen atoms in total. The summed E-state index contributed by atoms with van der Waals surface area (Å²) in [6.45, 7) is 3.39. The Morgan fingerprint density at radius 2 is 1.88 bits per heavy atom. The molecule has 0 saturated heterocycles. The molecule has 0 saturated carbocycles. The fraction of sp³-hybridized carbons (Fsp3) is 0.263. The third-order valence-electron chi connectivity index (χ3n) is 3.85. The van der Waals surface area contributed by atoms with Crippen LogP contribution in [0.4, 0.5) is 0 Å². The van der Waals surface area contributed by atoms with Crippen LogP contribution in [-0.2, 0) is 13.1 Å². The fourth-order valence-electron chi connectivity index (χ4n) is 2.56. The van der Waals surface area contributed by atoms with Crippen LogP contribution in [0.3, 0.4) is 0 Å². The van der Waals surface area contributed by atoms with Crippen LogP contribution in [0.15, 0.2) is 59.7 Å². The molecule has 0 bridgehead atoms. The summed E-state index contributed by atoms with van der Waals surface area (Å²) in [5.74, 6) is 0.854. The highest BCUT2D eigenvalue weighted by Crippen LogP contribution is 2.08. The number of pyridine rings is 1. The van der Waals surface area contributed by atoms with Gasteiger partial charge in [-0.05, 0) is 24.6 Å². The molecule has 132 valence electrons. The van der Waals surface area contributed by atoms with Crippen molar-refractivity contribution in [2.24, 2.45) is 4.99 Å². The molecule has 1 N–H and O–H groups in total. The second kappa shape index (κ2) is 8.84. The van der Waals surface area contributed by atoms with Crippen LogP contribution in [0.25, 0.3) is 5.65 Å². The van der Waals surface area contributed by atoms with Gasteiger partial charge in [-0.15, -0.1) is 24.0 Å². The highest BCUT2D eigenvalue weighted by Gasteiger charge is 2.06. The Hall–Kier alpha value is -2.09. The molecule has 0 radical (unpaired) electrons. The van der Waals surface area contributed by atoms with Crippen LogP contribution in [0, 0.1) is 6.92 Å². The Morgan fingerprint density at radius 3 is 2.56 bits per heavy atom. The summed E-state index contributed by atoms with van der Waals surface area (Å²) in [5, 5.41) is 3.39. The Balaban J connectivity index is 0.00000225. The van der Waals surface area contributed by atoms with Gasteiger partial charge in [-0.1, -0.05) is 36.4 Å². The maximum atomic E-state index is 4.68. The molecule has 6 heteroatoms. The number of fused-ring (bicyclic) bond motifs is 1. The maximum absolute atomic E-state index is 4.68. The van der Waals surface area contributed by atoms with Gasteiger partial charge in [0.05, 0.1) is 18.8 Å². The fourth-order valence-corrected chi connectivity index (χ4v) is 2.56. The smallest absolute Gasteiger partial charge is 0.194 e. The topological polar surface area (TPSA) is 44.9 Å². The van der Waals surface area contributed by atoms with Crippen molar-refractivity contribution < 1.29 is 0 Å². The summed E-state index contributed by atoms with van der Waals surface area (Å²) in [7, 11) is 3.98. The van der Waals surface area contributed by atoms with Gasteiger partial charge in [0.1, 0.15) is 5.65 Å². The zero-order chi connectivity index (χ0) is 16.9. The minimum Gasteiger partial charge on any atom is -0.351 e. The van der Waals surface area contributed by atoms with E-state index in [9.17, 15) is 0 Å². The van der Waals surface area contributed by atoms with Gasteiger partial charge in [-0.25, -0.2) is 9.98 Å². The van der Waals surface area contributed by atoms with E-state index in [0.29, 0.717) is 13.1 Å². The maximum Gasteiger partial charge on any atom is 0.194 e. The van der Waals surface area contributed by atoms with Crippen molar-refractivity contribution in [3.8, 4) is 0 Å². The molecule has 25 heavy (non-hydrogen) atoms. The number of hydrogen-bond donors (Lipinski definition) is 1. The van der Waals surface area contributed by atoms with Gasteiger partial charge in [0.25, 0.3) is 0 Å². The summed E-state index contributed by atoms with van der Waals surface area (Å²) in [5.41, 5.74) is 4.34. The number of benzene rings is 1. The SMILES string of the molecule is Cc1cccc2nc(CNC(=NCc3ccccc3)N(C)C)cn12.I. The van der Waals surface area contributed by atoms with Crippen molar-refractivity contribution >= 4 is 35.6 Å². The summed E-state index contributed by atoms with van der Waals surface area (Å²) >= 11 is 0. The molecule has 3 rings (SSSR count). The van der Waals surface area contributed by atoms with Crippen LogP contribution in [0.2, 0.25) is 0 Å². The number of halogens is 1. The number of rotatable bonds is 4. The average molecular weight is 449 g/mol. The van der Waals surface area contributed by atoms with Crippen LogP contribution in [-0.4, -0.2) is 34.3 Å². The minimum atomic E-state index is 0. The van der Waals surface area contributed by atoms with Crippen LogP contribution in [0.1, 0.15) is 17.0 Å². The Bertz CT molecular complexity index is 839. The van der Waals surface area contributed by atoms with E-state index in [1.54, 1.807) is 0 Å². The quantitative estimate of drug-likeness (QED) is 0.377. The molecule has 1 aromatic carbocycles. The van der Waals surface area contributed by atoms with E-state index in [2.05, 4.69) is 51.0 Å². The zero-order valence-electron chi connectivity index (χ0n) is 14.8. The highest BCUT2D eigenvalue weighted by atomic mass is 127. The highest BCUT2D eigenvalue weighted by molar-refractivity contribution is 14.0. The molecular weight excluding hydrogens is 425 g/mol. The van der Waals surface area contributed by atoms with Crippen LogP contribution >= 0.6 is 24.0 Å². The Morgan fingerprint density at radius 1 is 1.12 bits per heavy atom. The average Bonchev–Trinajstić information content (AvgIpc) is 3.00. The first-order valence-electron chi connectivity index (χ1n) is 8.06. The number of nitrogens with zero attached hydrogens (tertiary/aromatic N) is 4. The number of aliphatic imine (C=N–C) groups is 1. The molecule has 0 aliphatic rings. The summed E-state index contributed by atoms with van der Waals surface area (Å²) in [4.78, 5) is 11.3. The number of hydrogen-bond acceptors (Lipinski definition) is 2. The van der Waals surface area contributed by atoms with E-state index in [-0.39, 0.29) is 24.0 Å². The first-order chi connectivity index (χ1) is 11.6. The lowest BCUT2D eigenvalue weighted by Gasteiger charge is -2.17. The normalized spacial score (nSPS) is 11.2. The monoisotopic (exact) mass is 449 g/mol. The predicted molar refractivity (Wildman–Crippen MR) is 113 cm³/mol. The van der Waals surface area contributed by atoms with Gasteiger partial charge in [0.2, 0.25) is 0 Å². The Labute approximate surface area is 165 Å². The largest absolute Gasteiger partial charge is 0.351 e. The van der Waals surface area contributed by atoms with Crippen molar-refractivity contribution in [3.63, 3.8) is 0 Å². The van der Waals surface area contributed by atoms with Crippen LogP contribution in [0.5, 0.6) is 0 Å². The molecule has 0 atom stereocenters. The molecule has 0 aliphatic carbocycles. The molecule has 0 unspecified atom stereocenters. The Kier molecular flexibility index (Phi) is 6.81. The lowest BCUT2D eigenvalue weighted by Crippen LogP contribution is -2.36. The van der Waals surface area contributed by atoms with E-state index in [1.165, 1.54) is 11.3 Å². The van der Waals surface area contributed by atoms with E-state index in [1.807, 2.05) is 49.3 Å². The standard InChI is InChI=1S/C19H23N5.HI/c1-15-8-7-11-18-22-17(14-24(15)18)13-21-19(23(2)3)20-12-16-9-5-4-6-10-16;/h4-11,14H,12-13H2,1-3H3,(H,20,21);1H. The van der Waals surface area contributed by atoms with Crippen molar-refractivity contribution in [3.05, 3.63) is 71.7 Å². The van der Waals surface area contributed by atoms with E-state index in [0.717, 1.165) is 17.3 Å². The predicted octanol–water partition coefficient (Wildman–Crippen LogP) is 3.47. The molecule has 0 fully saturated rings. The first-order valence-corrected chi connectivity index (χ1v) is 8.06. The molecule has 2 heterocycles. The molecule has 3 aromatic rings. The number of imidazole rings is 1. The summed E-state index contributed by atoms with van der Waals surface area (Å²) < 4.78 is 2.10. The van der Waals surface area contributed by atoms with Gasteiger partial charge in [0, 0.05) is 26.0 Å². The lowest BCUT2D eigenvalue weighted by molar-refractivity contribution is 0.577. The lowest BCUT2D eigenvalue weighted by atomic mass is 10.2. The number of nitrogens with one attached hydrogen (secondary N) is 1. The van der Waals surface area contributed by atoms with Gasteiger partial charge in [-0.3, -0.25) is 0 Å². The molecule has 2 aromatic heterocycles. The molecule has 0 spiro atoms. The summed E-state index contributed by atoms with van der Waals surface area (Å²) in [6.07, 6.45) is 2.07. The van der Waals surface area contributed by atoms with Crippen molar-refractivity contribution in [1.29, 1.82) is 0 Å². The van der Waals surface area contributed by atoms with Crippen molar-refractivity contribution in [2.75, 3.05) is 14.1 Å².